The van der Waals surface area contributed by atoms with Crippen LogP contribution in [0, 0.1) is 6.92 Å². The number of amides is 2. The summed E-state index contributed by atoms with van der Waals surface area (Å²) >= 11 is 0. The lowest BCUT2D eigenvalue weighted by molar-refractivity contribution is 0.252. The number of H-pyrrole nitrogens is 1. The highest BCUT2D eigenvalue weighted by atomic mass is 16.2. The van der Waals surface area contributed by atoms with Crippen molar-refractivity contribution in [2.45, 2.75) is 6.92 Å². The van der Waals surface area contributed by atoms with E-state index in [4.69, 9.17) is 0 Å². The predicted molar refractivity (Wildman–Crippen MR) is 73.1 cm³/mol. The third kappa shape index (κ3) is 4.30. The highest BCUT2D eigenvalue weighted by Crippen LogP contribution is 2.02. The standard InChI is InChI=1S/C12H16N6O/c1-9-3-2-4-11(17-9)13-5-6-14-12(19)18-10-7-15-16-8-10/h2-4,7-8H,5-6H2,1H3,(H,13,17)(H,15,16)(H2,14,18,19). The second kappa shape index (κ2) is 6.39. The van der Waals surface area contributed by atoms with Crippen LogP contribution in [0.2, 0.25) is 0 Å². The maximum absolute atomic E-state index is 11.5. The number of carbonyl (C=O) groups excluding carboxylic acids is 1. The Bertz CT molecular complexity index is 525. The van der Waals surface area contributed by atoms with Crippen LogP contribution >= 0.6 is 0 Å². The first kappa shape index (κ1) is 12.9. The summed E-state index contributed by atoms with van der Waals surface area (Å²) in [5, 5.41) is 14.8. The lowest BCUT2D eigenvalue weighted by Crippen LogP contribution is -2.32. The van der Waals surface area contributed by atoms with E-state index in [1.165, 1.54) is 6.20 Å². The van der Waals surface area contributed by atoms with E-state index in [1.807, 2.05) is 25.1 Å². The molecule has 7 heteroatoms. The van der Waals surface area contributed by atoms with Crippen molar-refractivity contribution in [3.05, 3.63) is 36.3 Å². The highest BCUT2D eigenvalue weighted by Gasteiger charge is 2.01. The first-order valence-electron chi connectivity index (χ1n) is 5.95. The quantitative estimate of drug-likeness (QED) is 0.610. The molecule has 0 atom stereocenters. The van der Waals surface area contributed by atoms with Crippen LogP contribution in [0.1, 0.15) is 5.69 Å². The first-order chi connectivity index (χ1) is 9.24. The first-order valence-corrected chi connectivity index (χ1v) is 5.95. The fourth-order valence-corrected chi connectivity index (χ4v) is 1.50. The molecule has 0 spiro atoms. The molecule has 2 rings (SSSR count). The van der Waals surface area contributed by atoms with Crippen LogP contribution in [-0.4, -0.2) is 34.3 Å². The molecule has 100 valence electrons. The second-order valence-corrected chi connectivity index (χ2v) is 3.96. The van der Waals surface area contributed by atoms with Gasteiger partial charge in [0.1, 0.15) is 5.82 Å². The van der Waals surface area contributed by atoms with Gasteiger partial charge in [0.15, 0.2) is 0 Å². The van der Waals surface area contributed by atoms with Crippen LogP contribution in [0.5, 0.6) is 0 Å². The molecule has 0 saturated carbocycles. The van der Waals surface area contributed by atoms with Crippen molar-refractivity contribution in [2.75, 3.05) is 23.7 Å². The van der Waals surface area contributed by atoms with Crippen molar-refractivity contribution in [1.29, 1.82) is 0 Å². The zero-order chi connectivity index (χ0) is 13.5. The summed E-state index contributed by atoms with van der Waals surface area (Å²) in [6.07, 6.45) is 3.14. The van der Waals surface area contributed by atoms with Crippen molar-refractivity contribution in [3.8, 4) is 0 Å². The largest absolute Gasteiger partial charge is 0.368 e. The number of hydrogen-bond acceptors (Lipinski definition) is 4. The van der Waals surface area contributed by atoms with E-state index in [9.17, 15) is 4.79 Å². The third-order valence-electron chi connectivity index (χ3n) is 2.36. The average molecular weight is 260 g/mol. The maximum Gasteiger partial charge on any atom is 0.319 e. The zero-order valence-corrected chi connectivity index (χ0v) is 10.6. The molecule has 0 aliphatic carbocycles. The van der Waals surface area contributed by atoms with Gasteiger partial charge in [-0.2, -0.15) is 5.10 Å². The van der Waals surface area contributed by atoms with Crippen LogP contribution in [0.4, 0.5) is 16.3 Å². The molecule has 0 radical (unpaired) electrons. The fraction of sp³-hybridized carbons (Fsp3) is 0.250. The number of aromatic amines is 1. The van der Waals surface area contributed by atoms with Gasteiger partial charge in [-0.1, -0.05) is 6.07 Å². The molecule has 2 aromatic rings. The number of hydrogen-bond donors (Lipinski definition) is 4. The molecule has 19 heavy (non-hydrogen) atoms. The van der Waals surface area contributed by atoms with Crippen molar-refractivity contribution in [2.24, 2.45) is 0 Å². The van der Waals surface area contributed by atoms with Gasteiger partial charge in [0.25, 0.3) is 0 Å². The number of pyridine rings is 1. The number of carbonyl (C=O) groups is 1. The minimum absolute atomic E-state index is 0.264. The van der Waals surface area contributed by atoms with Crippen molar-refractivity contribution < 1.29 is 4.79 Å². The molecular weight excluding hydrogens is 244 g/mol. The number of nitrogens with one attached hydrogen (secondary N) is 4. The summed E-state index contributed by atoms with van der Waals surface area (Å²) in [5.74, 6) is 0.803. The molecule has 0 aliphatic heterocycles. The van der Waals surface area contributed by atoms with Gasteiger partial charge in [0, 0.05) is 25.0 Å². The van der Waals surface area contributed by atoms with Crippen LogP contribution in [0.3, 0.4) is 0 Å². The molecule has 0 aromatic carbocycles. The lowest BCUT2D eigenvalue weighted by atomic mass is 10.4. The molecule has 0 bridgehead atoms. The van der Waals surface area contributed by atoms with E-state index >= 15 is 0 Å². The number of aromatic nitrogens is 3. The maximum atomic E-state index is 11.5. The molecule has 2 amide bonds. The number of anilines is 2. The van der Waals surface area contributed by atoms with Gasteiger partial charge in [-0.15, -0.1) is 0 Å². The zero-order valence-electron chi connectivity index (χ0n) is 10.6. The molecule has 0 fully saturated rings. The molecule has 0 aliphatic rings. The summed E-state index contributed by atoms with van der Waals surface area (Å²) in [7, 11) is 0. The number of urea groups is 1. The van der Waals surface area contributed by atoms with Gasteiger partial charge in [-0.25, -0.2) is 9.78 Å². The Labute approximate surface area is 110 Å². The van der Waals surface area contributed by atoms with E-state index in [0.29, 0.717) is 18.8 Å². The van der Waals surface area contributed by atoms with Gasteiger partial charge in [-0.05, 0) is 19.1 Å². The van der Waals surface area contributed by atoms with Crippen molar-refractivity contribution >= 4 is 17.5 Å². The molecule has 4 N–H and O–H groups in total. The van der Waals surface area contributed by atoms with Gasteiger partial charge in [0.05, 0.1) is 11.9 Å². The lowest BCUT2D eigenvalue weighted by Gasteiger charge is -2.08. The summed E-state index contributed by atoms with van der Waals surface area (Å²) in [5.41, 5.74) is 1.58. The van der Waals surface area contributed by atoms with Crippen LogP contribution < -0.4 is 16.0 Å². The molecular formula is C12H16N6O. The van der Waals surface area contributed by atoms with Crippen LogP contribution in [-0.2, 0) is 0 Å². The Morgan fingerprint density at radius 1 is 1.37 bits per heavy atom. The second-order valence-electron chi connectivity index (χ2n) is 3.96. The Kier molecular flexibility index (Phi) is 4.33. The smallest absolute Gasteiger partial charge is 0.319 e. The van der Waals surface area contributed by atoms with Crippen LogP contribution in [0.15, 0.2) is 30.6 Å². The van der Waals surface area contributed by atoms with Crippen molar-refractivity contribution in [1.82, 2.24) is 20.5 Å². The monoisotopic (exact) mass is 260 g/mol. The number of nitrogens with zero attached hydrogens (tertiary/aromatic N) is 2. The average Bonchev–Trinajstić information content (AvgIpc) is 2.87. The summed E-state index contributed by atoms with van der Waals surface area (Å²) in [6.45, 7) is 3.04. The molecule has 2 heterocycles. The van der Waals surface area contributed by atoms with Gasteiger partial charge >= 0.3 is 6.03 Å². The summed E-state index contributed by atoms with van der Waals surface area (Å²) in [4.78, 5) is 15.8. The summed E-state index contributed by atoms with van der Waals surface area (Å²) < 4.78 is 0. The minimum Gasteiger partial charge on any atom is -0.368 e. The van der Waals surface area contributed by atoms with E-state index in [2.05, 4.69) is 31.1 Å². The SMILES string of the molecule is Cc1cccc(NCCNC(=O)Nc2cn[nH]c2)n1. The van der Waals surface area contributed by atoms with Crippen LogP contribution in [0.25, 0.3) is 0 Å². The van der Waals surface area contributed by atoms with Gasteiger partial charge < -0.3 is 16.0 Å². The van der Waals surface area contributed by atoms with E-state index in [1.54, 1.807) is 6.20 Å². The van der Waals surface area contributed by atoms with Gasteiger partial charge in [0.2, 0.25) is 0 Å². The van der Waals surface area contributed by atoms with E-state index in [0.717, 1.165) is 11.5 Å². The minimum atomic E-state index is -0.264. The topological polar surface area (TPSA) is 94.7 Å². The number of rotatable bonds is 5. The predicted octanol–water partition coefficient (Wildman–Crippen LogP) is 1.35. The molecule has 7 nitrogen and oxygen atoms in total. The molecule has 0 unspecified atom stereocenters. The van der Waals surface area contributed by atoms with E-state index in [-0.39, 0.29) is 6.03 Å². The number of aryl methyl sites for hydroxylation is 1. The van der Waals surface area contributed by atoms with E-state index < -0.39 is 0 Å². The summed E-state index contributed by atoms with van der Waals surface area (Å²) in [6, 6.07) is 5.49. The Hall–Kier alpha value is -2.57. The third-order valence-corrected chi connectivity index (χ3v) is 2.36. The molecule has 0 saturated heterocycles. The fourth-order valence-electron chi connectivity index (χ4n) is 1.50. The van der Waals surface area contributed by atoms with Crippen molar-refractivity contribution in [3.63, 3.8) is 0 Å². The highest BCUT2D eigenvalue weighted by molar-refractivity contribution is 5.88. The van der Waals surface area contributed by atoms with Gasteiger partial charge in [-0.3, -0.25) is 5.10 Å². The molecule has 2 aromatic heterocycles. The normalized spacial score (nSPS) is 9.95. The Morgan fingerprint density at radius 3 is 3.00 bits per heavy atom. The Morgan fingerprint density at radius 2 is 2.26 bits per heavy atom. The Balaban J connectivity index is 1.65.